The van der Waals surface area contributed by atoms with Crippen LogP contribution >= 0.6 is 12.4 Å². The summed E-state index contributed by atoms with van der Waals surface area (Å²) in [6.45, 7) is 4.35. The van der Waals surface area contributed by atoms with Crippen LogP contribution in [-0.4, -0.2) is 49.1 Å². The third-order valence-corrected chi connectivity index (χ3v) is 5.27. The fraction of sp³-hybridized carbons (Fsp3) is 0.455. The number of amides is 1. The van der Waals surface area contributed by atoms with E-state index < -0.39 is 0 Å². The highest BCUT2D eigenvalue weighted by atomic mass is 35.5. The lowest BCUT2D eigenvalue weighted by atomic mass is 10.0. The lowest BCUT2D eigenvalue weighted by Gasteiger charge is -2.31. The third-order valence-electron chi connectivity index (χ3n) is 5.27. The Balaban J connectivity index is 0.00000300. The molecule has 1 aliphatic rings. The largest absolute Gasteiger partial charge is 0.493 e. The van der Waals surface area contributed by atoms with Gasteiger partial charge < -0.3 is 19.7 Å². The van der Waals surface area contributed by atoms with Gasteiger partial charge in [0.25, 0.3) is 5.91 Å². The number of aryl methyl sites for hydroxylation is 1. The van der Waals surface area contributed by atoms with Crippen molar-refractivity contribution in [2.75, 3.05) is 27.3 Å². The van der Waals surface area contributed by atoms with Crippen LogP contribution in [0.5, 0.6) is 11.5 Å². The lowest BCUT2D eigenvalue weighted by Crippen LogP contribution is -2.40. The normalized spacial score (nSPS) is 16.3. The Kier molecular flexibility index (Phi) is 8.73. The molecular weight excluding hydrogens is 390 g/mol. The first-order chi connectivity index (χ1) is 13.6. The van der Waals surface area contributed by atoms with E-state index in [1.165, 1.54) is 0 Å². The van der Waals surface area contributed by atoms with Gasteiger partial charge in [-0.1, -0.05) is 6.07 Å². The molecule has 1 saturated heterocycles. The topological polar surface area (TPSA) is 63.7 Å². The van der Waals surface area contributed by atoms with E-state index in [0.717, 1.165) is 43.6 Å². The summed E-state index contributed by atoms with van der Waals surface area (Å²) >= 11 is 0. The second kappa shape index (κ2) is 11.0. The Labute approximate surface area is 179 Å². The Morgan fingerprint density at radius 3 is 2.62 bits per heavy atom. The molecule has 1 N–H and O–H groups in total. The van der Waals surface area contributed by atoms with Crippen molar-refractivity contribution in [3.05, 3.63) is 53.3 Å². The molecule has 0 radical (unpaired) electrons. The Bertz CT molecular complexity index is 793. The van der Waals surface area contributed by atoms with Crippen LogP contribution in [0.2, 0.25) is 0 Å². The minimum Gasteiger partial charge on any atom is -0.493 e. The third kappa shape index (κ3) is 5.61. The molecule has 1 aromatic heterocycles. The van der Waals surface area contributed by atoms with Gasteiger partial charge in [0.15, 0.2) is 11.5 Å². The van der Waals surface area contributed by atoms with Crippen molar-refractivity contribution in [3.63, 3.8) is 0 Å². The van der Waals surface area contributed by atoms with E-state index in [2.05, 4.69) is 10.3 Å². The average Bonchev–Trinajstić information content (AvgIpc) is 3.01. The quantitative estimate of drug-likeness (QED) is 0.774. The fourth-order valence-electron chi connectivity index (χ4n) is 3.71. The molecule has 1 aromatic carbocycles. The molecule has 6 nitrogen and oxygen atoms in total. The minimum absolute atomic E-state index is 0. The monoisotopic (exact) mass is 419 g/mol. The van der Waals surface area contributed by atoms with Gasteiger partial charge in [-0.3, -0.25) is 9.78 Å². The highest BCUT2D eigenvalue weighted by Gasteiger charge is 2.28. The number of hydrogen-bond acceptors (Lipinski definition) is 5. The number of ether oxygens (including phenoxy) is 2. The van der Waals surface area contributed by atoms with Crippen LogP contribution in [0.3, 0.4) is 0 Å². The predicted octanol–water partition coefficient (Wildman–Crippen LogP) is 3.61. The Hall–Kier alpha value is -2.31. The number of carbonyl (C=O) groups is 1. The number of carbonyl (C=O) groups excluding carboxylic acids is 1. The molecule has 0 bridgehead atoms. The van der Waals surface area contributed by atoms with Crippen LogP contribution in [-0.2, 0) is 6.54 Å². The fourth-order valence-corrected chi connectivity index (χ4v) is 3.71. The van der Waals surface area contributed by atoms with Crippen molar-refractivity contribution in [3.8, 4) is 11.5 Å². The Morgan fingerprint density at radius 1 is 1.17 bits per heavy atom. The van der Waals surface area contributed by atoms with Crippen molar-refractivity contribution in [1.82, 2.24) is 15.2 Å². The van der Waals surface area contributed by atoms with Gasteiger partial charge in [-0.15, -0.1) is 12.4 Å². The summed E-state index contributed by atoms with van der Waals surface area (Å²) in [5.74, 6) is 1.21. The van der Waals surface area contributed by atoms with Crippen LogP contribution in [0.15, 0.2) is 36.5 Å². The number of hydrogen-bond donors (Lipinski definition) is 1. The maximum atomic E-state index is 13.6. The number of pyridine rings is 1. The van der Waals surface area contributed by atoms with E-state index >= 15 is 0 Å². The molecule has 7 heteroatoms. The summed E-state index contributed by atoms with van der Waals surface area (Å²) in [5.41, 5.74) is 2.41. The van der Waals surface area contributed by atoms with Crippen molar-refractivity contribution in [2.45, 2.75) is 38.8 Å². The van der Waals surface area contributed by atoms with Crippen molar-refractivity contribution < 1.29 is 14.3 Å². The standard InChI is InChI=1S/C22H29N3O3.ClH/c1-16-13-20(27-2)21(28-3)14-19(16)22(26)25(15-17-7-4-5-11-24-17)18-8-6-10-23-12-9-18;/h4-5,7,11,13-14,18,23H,6,8-10,12,15H2,1-3H3;1H. The van der Waals surface area contributed by atoms with E-state index in [-0.39, 0.29) is 24.4 Å². The summed E-state index contributed by atoms with van der Waals surface area (Å²) in [6, 6.07) is 9.65. The second-order valence-electron chi connectivity index (χ2n) is 7.11. The number of halogens is 1. The number of benzene rings is 1. The molecular formula is C22H30ClN3O3. The zero-order chi connectivity index (χ0) is 19.9. The van der Waals surface area contributed by atoms with Crippen molar-refractivity contribution in [1.29, 1.82) is 0 Å². The number of methoxy groups -OCH3 is 2. The molecule has 1 fully saturated rings. The molecule has 2 heterocycles. The first-order valence-corrected chi connectivity index (χ1v) is 9.78. The summed E-state index contributed by atoms with van der Waals surface area (Å²) < 4.78 is 10.8. The average molecular weight is 420 g/mol. The van der Waals surface area contributed by atoms with Crippen LogP contribution in [0.4, 0.5) is 0 Å². The molecule has 1 unspecified atom stereocenters. The maximum Gasteiger partial charge on any atom is 0.254 e. The zero-order valence-corrected chi connectivity index (χ0v) is 18.1. The molecule has 158 valence electrons. The molecule has 1 aliphatic heterocycles. The number of rotatable bonds is 6. The summed E-state index contributed by atoms with van der Waals surface area (Å²) in [7, 11) is 3.19. The zero-order valence-electron chi connectivity index (χ0n) is 17.3. The van der Waals surface area contributed by atoms with Gasteiger partial charge in [0.1, 0.15) is 0 Å². The van der Waals surface area contributed by atoms with Gasteiger partial charge in [-0.25, -0.2) is 0 Å². The predicted molar refractivity (Wildman–Crippen MR) is 116 cm³/mol. The van der Waals surface area contributed by atoms with Gasteiger partial charge in [0, 0.05) is 17.8 Å². The van der Waals surface area contributed by atoms with E-state index in [1.807, 2.05) is 36.1 Å². The maximum absolute atomic E-state index is 13.6. The SMILES string of the molecule is COc1cc(C)c(C(=O)N(Cc2ccccn2)C2CCCNCC2)cc1OC.Cl. The second-order valence-corrected chi connectivity index (χ2v) is 7.11. The Morgan fingerprint density at radius 2 is 1.93 bits per heavy atom. The number of nitrogens with zero attached hydrogens (tertiary/aromatic N) is 2. The number of nitrogens with one attached hydrogen (secondary N) is 1. The molecule has 1 atom stereocenters. The van der Waals surface area contributed by atoms with Gasteiger partial charge >= 0.3 is 0 Å². The van der Waals surface area contributed by atoms with E-state index in [4.69, 9.17) is 9.47 Å². The van der Waals surface area contributed by atoms with Gasteiger partial charge in [0.05, 0.1) is 26.5 Å². The van der Waals surface area contributed by atoms with Crippen LogP contribution in [0.1, 0.15) is 40.9 Å². The smallest absolute Gasteiger partial charge is 0.254 e. The summed E-state index contributed by atoms with van der Waals surface area (Å²) in [6.07, 6.45) is 4.75. The van der Waals surface area contributed by atoms with E-state index in [0.29, 0.717) is 23.6 Å². The van der Waals surface area contributed by atoms with Gasteiger partial charge in [-0.2, -0.15) is 0 Å². The molecule has 1 amide bonds. The number of aromatic nitrogens is 1. The van der Waals surface area contributed by atoms with Crippen LogP contribution in [0.25, 0.3) is 0 Å². The molecule has 0 spiro atoms. The van der Waals surface area contributed by atoms with Crippen molar-refractivity contribution in [2.24, 2.45) is 0 Å². The lowest BCUT2D eigenvalue weighted by molar-refractivity contribution is 0.0641. The van der Waals surface area contributed by atoms with Crippen LogP contribution < -0.4 is 14.8 Å². The first-order valence-electron chi connectivity index (χ1n) is 9.78. The molecule has 29 heavy (non-hydrogen) atoms. The minimum atomic E-state index is 0. The highest BCUT2D eigenvalue weighted by molar-refractivity contribution is 5.96. The van der Waals surface area contributed by atoms with Crippen molar-refractivity contribution >= 4 is 18.3 Å². The highest BCUT2D eigenvalue weighted by Crippen LogP contribution is 2.31. The van der Waals surface area contributed by atoms with Gasteiger partial charge in [-0.05, 0) is 69.1 Å². The summed E-state index contributed by atoms with van der Waals surface area (Å²) in [4.78, 5) is 20.0. The molecule has 0 aliphatic carbocycles. The summed E-state index contributed by atoms with van der Waals surface area (Å²) in [5, 5.41) is 3.43. The molecule has 3 rings (SSSR count). The first kappa shape index (κ1) is 23.0. The molecule has 2 aromatic rings. The molecule has 0 saturated carbocycles. The van der Waals surface area contributed by atoms with E-state index in [9.17, 15) is 4.79 Å². The van der Waals surface area contributed by atoms with Crippen LogP contribution in [0, 0.1) is 6.92 Å². The van der Waals surface area contributed by atoms with E-state index in [1.54, 1.807) is 26.5 Å². The van der Waals surface area contributed by atoms with Gasteiger partial charge in [0.2, 0.25) is 0 Å².